The molecule has 0 saturated carbocycles. The molecule has 0 bridgehead atoms. The number of ether oxygens (including phenoxy) is 6. The molecule has 0 amide bonds. The highest BCUT2D eigenvalue weighted by Crippen LogP contribution is 2.44. The molecular formula is C65H69F3N6O16. The Hall–Kier alpha value is -9.56. The molecule has 0 spiro atoms. The Labute approximate surface area is 514 Å². The van der Waals surface area contributed by atoms with E-state index in [-0.39, 0.29) is 19.8 Å². The summed E-state index contributed by atoms with van der Waals surface area (Å²) in [5, 5.41) is 10.2. The molecule has 4 unspecified atom stereocenters. The number of carboxylic acid groups (broad SMARTS) is 1. The van der Waals surface area contributed by atoms with Crippen molar-refractivity contribution >= 4 is 29.8 Å². The van der Waals surface area contributed by atoms with E-state index in [2.05, 4.69) is 56.6 Å². The molecule has 7 aromatic rings. The number of hydrogen-bond donors (Lipinski definition) is 4. The van der Waals surface area contributed by atoms with Gasteiger partial charge in [-0.1, -0.05) is 91.0 Å². The normalized spacial score (nSPS) is 16.7. The molecule has 2 aliphatic heterocycles. The predicted molar refractivity (Wildman–Crippen MR) is 321 cm³/mol. The molecular weight excluding hydrogens is 1180 g/mol. The van der Waals surface area contributed by atoms with E-state index in [4.69, 9.17) is 38.3 Å². The van der Waals surface area contributed by atoms with Crippen LogP contribution in [0.1, 0.15) is 94.4 Å². The fourth-order valence-corrected chi connectivity index (χ4v) is 10.1. The van der Waals surface area contributed by atoms with Gasteiger partial charge in [0.15, 0.2) is 25.7 Å². The van der Waals surface area contributed by atoms with Crippen molar-refractivity contribution in [3.63, 3.8) is 0 Å². The number of rotatable bonds is 16. The van der Waals surface area contributed by atoms with Gasteiger partial charge in [-0.05, 0) is 130 Å². The maximum absolute atomic E-state index is 13.2. The molecule has 5 aromatic carbocycles. The molecule has 4 atom stereocenters. The van der Waals surface area contributed by atoms with Crippen LogP contribution in [0.3, 0.4) is 0 Å². The first-order valence-corrected chi connectivity index (χ1v) is 28.4. The van der Waals surface area contributed by atoms with Crippen LogP contribution in [0.5, 0.6) is 0 Å². The smallest absolute Gasteiger partial charge is 0.475 e. The molecule has 0 aliphatic carbocycles. The van der Waals surface area contributed by atoms with Gasteiger partial charge in [-0.15, -0.1) is 0 Å². The highest BCUT2D eigenvalue weighted by molar-refractivity contribution is 5.92. The molecule has 22 nitrogen and oxygen atoms in total. The molecule has 476 valence electrons. The number of hydrogen-bond acceptors (Lipinski definition) is 17. The maximum Gasteiger partial charge on any atom is 0.490 e. The lowest BCUT2D eigenvalue weighted by Gasteiger charge is -2.50. The minimum atomic E-state index is -5.08. The third-order valence-corrected chi connectivity index (χ3v) is 15.2. The third-order valence-electron chi connectivity index (χ3n) is 15.2. The van der Waals surface area contributed by atoms with Crippen molar-refractivity contribution in [2.24, 2.45) is 0 Å². The second-order valence-corrected chi connectivity index (χ2v) is 21.5. The lowest BCUT2D eigenvalue weighted by molar-refractivity contribution is -0.192. The number of nitrogens with zero attached hydrogens (tertiary/aromatic N) is 3. The molecule has 2 aromatic heterocycles. The van der Waals surface area contributed by atoms with Crippen LogP contribution in [0.15, 0.2) is 147 Å². The SMILES string of the molecule is Cc1cc(C(=O)OCC(=O)OCC2CN(C(c3ccccc3)(c3ccccc3)c3ccccc3)CC(n3cc(C)c(=O)[nH]c3=O)O2)cc(C)c1C.Cc1cc(C(=O)OCC(=O)OCC2CNCC(n3cc(C)c(=O)[nH]c3=O)O2)cc(C)c1C.O=C(O)C(F)(F)F. The van der Waals surface area contributed by atoms with Gasteiger partial charge >= 0.3 is 47.4 Å². The number of nitrogens with one attached hydrogen (secondary N) is 3. The minimum absolute atomic E-state index is 0.0836. The number of carbonyl (C=O) groups is 5. The van der Waals surface area contributed by atoms with E-state index >= 15 is 0 Å². The van der Waals surface area contributed by atoms with Gasteiger partial charge in [-0.25, -0.2) is 33.6 Å². The van der Waals surface area contributed by atoms with Crippen molar-refractivity contribution in [2.45, 2.75) is 91.8 Å². The number of benzene rings is 5. The lowest BCUT2D eigenvalue weighted by atomic mass is 9.75. The van der Waals surface area contributed by atoms with Crippen LogP contribution in [-0.2, 0) is 48.3 Å². The Morgan fingerprint density at radius 3 is 1.28 bits per heavy atom. The van der Waals surface area contributed by atoms with Crippen molar-refractivity contribution in [2.75, 3.05) is 52.6 Å². The second-order valence-electron chi connectivity index (χ2n) is 21.5. The van der Waals surface area contributed by atoms with E-state index in [0.717, 1.165) is 50.1 Å². The molecule has 4 N–H and O–H groups in total. The zero-order valence-electron chi connectivity index (χ0n) is 50.6. The van der Waals surface area contributed by atoms with Crippen molar-refractivity contribution in [1.29, 1.82) is 0 Å². The topological polar surface area (TPSA) is 286 Å². The van der Waals surface area contributed by atoms with Crippen LogP contribution < -0.4 is 27.8 Å². The standard InChI is InChI=1S/C41H41N3O7.C22H27N3O7.C2HF3O2/c1-27-20-31(21-28(2)30(27)4)39(47)50-26-37(45)49-25-35-23-43(24-36(51-35)44-22-29(3)38(46)42-40(44)48)41(32-14-8-5-9-15-32,33-16-10-6-11-17-33)34-18-12-7-13-19-34;1-12-5-16(6-13(2)15(12)4)21(28)31-11-19(26)30-10-17-7-23-8-18(32-17)25-9-14(3)20(27)24-22(25)29;3-2(4,5)1(6)7/h5-22,35-36H,23-26H2,1-4H3,(H,42,46,48);5-6,9,17-18,23H,7-8,10-11H2,1-4H3,(H,24,27,29);(H,6,7). The second kappa shape index (κ2) is 30.1. The maximum atomic E-state index is 13.2. The van der Waals surface area contributed by atoms with Crippen molar-refractivity contribution in [3.05, 3.63) is 242 Å². The molecule has 0 radical (unpaired) electrons. The number of carbonyl (C=O) groups excluding carboxylic acids is 4. The minimum Gasteiger partial charge on any atom is -0.475 e. The average molecular weight is 1250 g/mol. The Kier molecular flexibility index (Phi) is 22.7. The van der Waals surface area contributed by atoms with Crippen molar-refractivity contribution in [3.8, 4) is 0 Å². The number of carboxylic acids is 1. The number of aliphatic carboxylic acids is 1. The quantitative estimate of drug-likeness (QED) is 0.0447. The zero-order valence-corrected chi connectivity index (χ0v) is 50.6. The zero-order chi connectivity index (χ0) is 65.6. The third kappa shape index (κ3) is 17.0. The average Bonchev–Trinajstić information content (AvgIpc) is 0.739. The van der Waals surface area contributed by atoms with Crippen LogP contribution in [0, 0.1) is 55.4 Å². The summed E-state index contributed by atoms with van der Waals surface area (Å²) in [5.74, 6) is -5.42. The van der Waals surface area contributed by atoms with Crippen LogP contribution >= 0.6 is 0 Å². The van der Waals surface area contributed by atoms with Gasteiger partial charge in [0.2, 0.25) is 0 Å². The fourth-order valence-electron chi connectivity index (χ4n) is 10.1. The number of halogens is 3. The summed E-state index contributed by atoms with van der Waals surface area (Å²) in [6.07, 6.45) is -4.94. The first-order valence-electron chi connectivity index (χ1n) is 28.4. The number of esters is 4. The number of morpholine rings is 2. The monoisotopic (exact) mass is 1250 g/mol. The summed E-state index contributed by atoms with van der Waals surface area (Å²) in [7, 11) is 0. The summed E-state index contributed by atoms with van der Waals surface area (Å²) in [4.78, 5) is 115. The molecule has 4 heterocycles. The van der Waals surface area contributed by atoms with Gasteiger partial charge in [-0.2, -0.15) is 13.2 Å². The predicted octanol–water partition coefficient (Wildman–Crippen LogP) is 6.65. The lowest BCUT2D eigenvalue weighted by Crippen LogP contribution is -2.58. The Bertz CT molecular complexity index is 3820. The highest BCUT2D eigenvalue weighted by atomic mass is 19.4. The van der Waals surface area contributed by atoms with Crippen LogP contribution in [0.2, 0.25) is 0 Å². The van der Waals surface area contributed by atoms with E-state index in [1.807, 2.05) is 96.1 Å². The summed E-state index contributed by atoms with van der Waals surface area (Å²) in [5.41, 5.74) is 7.42. The van der Waals surface area contributed by atoms with Gasteiger partial charge in [0.1, 0.15) is 25.4 Å². The molecule has 2 fully saturated rings. The molecule has 90 heavy (non-hydrogen) atoms. The summed E-state index contributed by atoms with van der Waals surface area (Å²) >= 11 is 0. The summed E-state index contributed by atoms with van der Waals surface area (Å²) in [6, 6.07) is 37.2. The molecule has 9 rings (SSSR count). The Balaban J connectivity index is 0.000000251. The summed E-state index contributed by atoms with van der Waals surface area (Å²) < 4.78 is 67.9. The van der Waals surface area contributed by atoms with Gasteiger partial charge < -0.3 is 38.8 Å². The number of alkyl halides is 3. The number of aromatic amines is 2. The first kappa shape index (κ1) is 67.9. The van der Waals surface area contributed by atoms with Crippen LogP contribution in [-0.4, -0.2) is 130 Å². The van der Waals surface area contributed by atoms with E-state index in [1.54, 1.807) is 38.1 Å². The van der Waals surface area contributed by atoms with Crippen molar-refractivity contribution < 1.29 is 70.7 Å². The number of aromatic nitrogens is 4. The first-order chi connectivity index (χ1) is 42.7. The van der Waals surface area contributed by atoms with E-state index in [1.165, 1.54) is 21.5 Å². The van der Waals surface area contributed by atoms with E-state index < -0.39 is 102 Å². The molecule has 25 heteroatoms. The van der Waals surface area contributed by atoms with Gasteiger partial charge in [-0.3, -0.25) is 33.6 Å². The molecule has 2 saturated heterocycles. The summed E-state index contributed by atoms with van der Waals surface area (Å²) in [6.45, 7) is 14.7. The number of H-pyrrole nitrogens is 2. The van der Waals surface area contributed by atoms with Crippen LogP contribution in [0.25, 0.3) is 0 Å². The van der Waals surface area contributed by atoms with Gasteiger partial charge in [0.05, 0.1) is 16.7 Å². The Morgan fingerprint density at radius 2 is 0.889 bits per heavy atom. The van der Waals surface area contributed by atoms with Gasteiger partial charge in [0, 0.05) is 49.7 Å². The Morgan fingerprint density at radius 1 is 0.522 bits per heavy atom. The van der Waals surface area contributed by atoms with E-state index in [9.17, 15) is 51.5 Å². The number of aryl methyl sites for hydroxylation is 6. The van der Waals surface area contributed by atoms with E-state index in [0.29, 0.717) is 41.9 Å². The van der Waals surface area contributed by atoms with Crippen molar-refractivity contribution in [1.82, 2.24) is 29.3 Å². The highest BCUT2D eigenvalue weighted by Gasteiger charge is 2.47. The van der Waals surface area contributed by atoms with Gasteiger partial charge in [0.25, 0.3) is 11.1 Å². The largest absolute Gasteiger partial charge is 0.490 e. The fraction of sp³-hybridized carbons (Fsp3) is 0.338. The molecule has 2 aliphatic rings. The van der Waals surface area contributed by atoms with Crippen LogP contribution in [0.4, 0.5) is 13.2 Å².